The number of imidazole rings is 1. The first kappa shape index (κ1) is 16.0. The molecule has 0 spiro atoms. The van der Waals surface area contributed by atoms with E-state index < -0.39 is 0 Å². The predicted octanol–water partition coefficient (Wildman–Crippen LogP) is 3.77. The van der Waals surface area contributed by atoms with Gasteiger partial charge in [-0.1, -0.05) is 49.6 Å². The third-order valence-corrected chi connectivity index (χ3v) is 5.27. The van der Waals surface area contributed by atoms with Crippen LogP contribution in [0.15, 0.2) is 48.8 Å². The van der Waals surface area contributed by atoms with Gasteiger partial charge in [0.05, 0.1) is 11.7 Å². The van der Waals surface area contributed by atoms with Gasteiger partial charge in [-0.3, -0.25) is 4.98 Å². The lowest BCUT2D eigenvalue weighted by atomic mass is 9.95. The molecule has 0 atom stereocenters. The van der Waals surface area contributed by atoms with E-state index in [-0.39, 0.29) is 0 Å². The fourth-order valence-corrected chi connectivity index (χ4v) is 3.97. The van der Waals surface area contributed by atoms with Crippen molar-refractivity contribution in [3.63, 3.8) is 0 Å². The van der Waals surface area contributed by atoms with Gasteiger partial charge in [0.2, 0.25) is 11.9 Å². The maximum Gasteiger partial charge on any atom is 0.235 e. The second-order valence-corrected chi connectivity index (χ2v) is 7.01. The number of nitrogens with zero attached hydrogens (tertiary/aromatic N) is 6. The van der Waals surface area contributed by atoms with E-state index in [1.807, 2.05) is 42.6 Å². The van der Waals surface area contributed by atoms with Crippen LogP contribution in [0, 0.1) is 0 Å². The number of benzene rings is 1. The van der Waals surface area contributed by atoms with Crippen LogP contribution in [0.3, 0.4) is 0 Å². The molecule has 3 heterocycles. The molecule has 1 saturated carbocycles. The van der Waals surface area contributed by atoms with E-state index >= 15 is 0 Å². The van der Waals surface area contributed by atoms with Crippen molar-refractivity contribution >= 4 is 17.0 Å². The number of hydrogen-bond acceptors (Lipinski definition) is 5. The molecule has 3 aromatic heterocycles. The van der Waals surface area contributed by atoms with Crippen molar-refractivity contribution in [2.24, 2.45) is 0 Å². The van der Waals surface area contributed by atoms with E-state index in [0.29, 0.717) is 17.8 Å². The van der Waals surface area contributed by atoms with Gasteiger partial charge in [-0.05, 0) is 18.9 Å². The molecule has 136 valence electrons. The van der Waals surface area contributed by atoms with Crippen LogP contribution in [0.25, 0.3) is 28.4 Å². The van der Waals surface area contributed by atoms with Crippen molar-refractivity contribution in [3.05, 3.63) is 48.8 Å². The summed E-state index contributed by atoms with van der Waals surface area (Å²) in [4.78, 5) is 13.5. The number of rotatable bonds is 3. The minimum atomic E-state index is 0.342. The molecule has 4 aromatic rings. The molecule has 2 N–H and O–H groups in total. The lowest BCUT2D eigenvalue weighted by Gasteiger charge is -2.25. The molecule has 0 bridgehead atoms. The molecule has 5 rings (SSSR count). The molecule has 1 aromatic carbocycles. The number of hydrogen-bond donors (Lipinski definition) is 1. The molecule has 1 fully saturated rings. The van der Waals surface area contributed by atoms with Crippen molar-refractivity contribution in [2.45, 2.75) is 38.1 Å². The lowest BCUT2D eigenvalue weighted by Crippen LogP contribution is -2.18. The fraction of sp³-hybridized carbons (Fsp3) is 0.300. The Kier molecular flexibility index (Phi) is 3.85. The minimum absolute atomic E-state index is 0.342. The average Bonchev–Trinajstić information content (AvgIpc) is 3.29. The highest BCUT2D eigenvalue weighted by Crippen LogP contribution is 2.34. The zero-order chi connectivity index (χ0) is 18.2. The summed E-state index contributed by atoms with van der Waals surface area (Å²) >= 11 is 0. The molecule has 0 amide bonds. The van der Waals surface area contributed by atoms with Crippen LogP contribution in [0.5, 0.6) is 0 Å². The van der Waals surface area contributed by atoms with Crippen LogP contribution < -0.4 is 5.73 Å². The summed E-state index contributed by atoms with van der Waals surface area (Å²) in [5, 5.41) is 4.68. The van der Waals surface area contributed by atoms with Gasteiger partial charge in [0.1, 0.15) is 5.52 Å². The summed E-state index contributed by atoms with van der Waals surface area (Å²) in [7, 11) is 0. The second kappa shape index (κ2) is 6.50. The molecular formula is C20H21N7. The summed E-state index contributed by atoms with van der Waals surface area (Å²) < 4.78 is 3.94. The highest BCUT2D eigenvalue weighted by Gasteiger charge is 2.24. The third-order valence-electron chi connectivity index (χ3n) is 5.27. The Labute approximate surface area is 156 Å². The second-order valence-electron chi connectivity index (χ2n) is 7.01. The van der Waals surface area contributed by atoms with Gasteiger partial charge in [0, 0.05) is 17.8 Å². The minimum Gasteiger partial charge on any atom is -0.368 e. The molecule has 1 aliphatic carbocycles. The molecule has 7 nitrogen and oxygen atoms in total. The van der Waals surface area contributed by atoms with E-state index in [4.69, 9.17) is 10.7 Å². The van der Waals surface area contributed by atoms with E-state index in [1.54, 1.807) is 10.9 Å². The van der Waals surface area contributed by atoms with Crippen molar-refractivity contribution in [2.75, 3.05) is 5.73 Å². The zero-order valence-electron chi connectivity index (χ0n) is 15.0. The summed E-state index contributed by atoms with van der Waals surface area (Å²) in [6.45, 7) is 0. The van der Waals surface area contributed by atoms with Crippen molar-refractivity contribution in [3.8, 4) is 17.3 Å². The van der Waals surface area contributed by atoms with E-state index in [0.717, 1.165) is 35.4 Å². The smallest absolute Gasteiger partial charge is 0.235 e. The monoisotopic (exact) mass is 359 g/mol. The van der Waals surface area contributed by atoms with Gasteiger partial charge >= 0.3 is 0 Å². The Morgan fingerprint density at radius 1 is 0.963 bits per heavy atom. The van der Waals surface area contributed by atoms with Crippen LogP contribution in [0.1, 0.15) is 38.1 Å². The predicted molar refractivity (Wildman–Crippen MR) is 104 cm³/mol. The molecule has 7 heteroatoms. The van der Waals surface area contributed by atoms with Crippen molar-refractivity contribution in [1.29, 1.82) is 0 Å². The molecule has 0 aliphatic heterocycles. The topological polar surface area (TPSA) is 87.4 Å². The summed E-state index contributed by atoms with van der Waals surface area (Å²) in [6, 6.07) is 12.3. The standard InChI is InChI=1S/C20H21N7/c21-19-24-18(14-7-3-1-4-8-14)25-27(19)20-23-16-13-22-12-11-17(16)26(20)15-9-5-2-6-10-15/h1,3-4,7-8,11-13,15H,2,5-6,9-10H2,(H2,21,24,25). The molecule has 0 saturated heterocycles. The quantitative estimate of drug-likeness (QED) is 0.602. The lowest BCUT2D eigenvalue weighted by molar-refractivity contribution is 0.356. The Morgan fingerprint density at radius 2 is 1.78 bits per heavy atom. The Morgan fingerprint density at radius 3 is 2.59 bits per heavy atom. The van der Waals surface area contributed by atoms with Gasteiger partial charge in [0.15, 0.2) is 5.82 Å². The zero-order valence-corrected chi connectivity index (χ0v) is 15.0. The summed E-state index contributed by atoms with van der Waals surface area (Å²) in [5.74, 6) is 1.67. The number of aromatic nitrogens is 6. The Hall–Kier alpha value is -3.22. The van der Waals surface area contributed by atoms with Gasteiger partial charge < -0.3 is 10.3 Å². The van der Waals surface area contributed by atoms with Crippen LogP contribution >= 0.6 is 0 Å². The Bertz CT molecular complexity index is 1070. The van der Waals surface area contributed by atoms with Gasteiger partial charge in [-0.15, -0.1) is 5.10 Å². The Balaban J connectivity index is 1.68. The van der Waals surface area contributed by atoms with Gasteiger partial charge in [0.25, 0.3) is 0 Å². The number of fused-ring (bicyclic) bond motifs is 1. The van der Waals surface area contributed by atoms with Crippen molar-refractivity contribution < 1.29 is 0 Å². The van der Waals surface area contributed by atoms with Gasteiger partial charge in [-0.25, -0.2) is 4.98 Å². The fourth-order valence-electron chi connectivity index (χ4n) is 3.97. The van der Waals surface area contributed by atoms with E-state index in [9.17, 15) is 0 Å². The van der Waals surface area contributed by atoms with Crippen molar-refractivity contribution in [1.82, 2.24) is 29.3 Å². The normalized spacial score (nSPS) is 15.4. The SMILES string of the molecule is Nc1nc(-c2ccccc2)nn1-c1nc2cnccc2n1C1CCCCC1. The average molecular weight is 359 g/mol. The molecule has 0 radical (unpaired) electrons. The first-order valence-corrected chi connectivity index (χ1v) is 9.41. The molecule has 1 aliphatic rings. The maximum absolute atomic E-state index is 6.25. The largest absolute Gasteiger partial charge is 0.368 e. The van der Waals surface area contributed by atoms with Crippen LogP contribution in [-0.2, 0) is 0 Å². The maximum atomic E-state index is 6.25. The first-order chi connectivity index (χ1) is 13.3. The van der Waals surface area contributed by atoms with E-state index in [1.165, 1.54) is 19.3 Å². The summed E-state index contributed by atoms with van der Waals surface area (Å²) in [5.41, 5.74) is 9.11. The summed E-state index contributed by atoms with van der Waals surface area (Å²) in [6.07, 6.45) is 9.65. The first-order valence-electron chi connectivity index (χ1n) is 9.41. The third kappa shape index (κ3) is 2.75. The number of nitrogens with two attached hydrogens (primary N) is 1. The van der Waals surface area contributed by atoms with Gasteiger partial charge in [-0.2, -0.15) is 9.67 Å². The molecule has 0 unspecified atom stereocenters. The molecule has 27 heavy (non-hydrogen) atoms. The number of anilines is 1. The number of nitrogen functional groups attached to an aromatic ring is 1. The van der Waals surface area contributed by atoms with Crippen LogP contribution in [-0.4, -0.2) is 29.3 Å². The molecular weight excluding hydrogens is 338 g/mol. The highest BCUT2D eigenvalue weighted by atomic mass is 15.5. The van der Waals surface area contributed by atoms with Crippen LogP contribution in [0.4, 0.5) is 5.95 Å². The van der Waals surface area contributed by atoms with E-state index in [2.05, 4.69) is 19.6 Å². The van der Waals surface area contributed by atoms with Crippen LogP contribution in [0.2, 0.25) is 0 Å². The highest BCUT2D eigenvalue weighted by molar-refractivity contribution is 5.76. The number of pyridine rings is 1.